The van der Waals surface area contributed by atoms with Crippen molar-refractivity contribution in [3.05, 3.63) is 0 Å². The summed E-state index contributed by atoms with van der Waals surface area (Å²) >= 11 is 1.69. The Bertz CT molecular complexity index is 1060. The summed E-state index contributed by atoms with van der Waals surface area (Å²) in [5.41, 5.74) is 5.43. The number of rotatable bonds is 15. The molecule has 14 nitrogen and oxygen atoms in total. The summed E-state index contributed by atoms with van der Waals surface area (Å²) in [6, 6.07) is -3.39. The molecule has 0 radical (unpaired) electrons. The summed E-state index contributed by atoms with van der Waals surface area (Å²) < 4.78 is 11.0. The van der Waals surface area contributed by atoms with E-state index in [0.29, 0.717) is 25.5 Å². The molecule has 0 aromatic rings. The second-order valence-corrected chi connectivity index (χ2v) is 15.2. The highest BCUT2D eigenvalue weighted by molar-refractivity contribution is 7.99. The second kappa shape index (κ2) is 18.9. The minimum absolute atomic E-state index is 0.0131. The molecule has 7 atom stereocenters. The Morgan fingerprint density at radius 1 is 0.915 bits per heavy atom. The van der Waals surface area contributed by atoms with Gasteiger partial charge in [-0.05, 0) is 84.6 Å². The number of carbonyl (C=O) groups is 5. The average Bonchev–Trinajstić information content (AvgIpc) is 3.54. The lowest BCUT2D eigenvalue weighted by Gasteiger charge is -2.32. The van der Waals surface area contributed by atoms with Gasteiger partial charge in [-0.1, -0.05) is 19.3 Å². The van der Waals surface area contributed by atoms with Crippen molar-refractivity contribution < 1.29 is 33.4 Å². The standard InChI is InChI=1S/C32H57N7O7S/c1-19(45-5)26(29(42)36-23(13-21-11-12-34-25(33)14-21)27(40)30(43)39-32(2,3)4)38-28(41)24(15-22-17-47-18-35-22)37-31(44)46-16-20-9-7-6-8-10-20/h19-26,34-35H,6-18,33H2,1-5H3,(H,36,42)(H,37,44)(H,38,41)(H,39,43)/t19-,21?,22?,23?,24?,25?,26+/m1/s1. The van der Waals surface area contributed by atoms with Crippen LogP contribution in [0.25, 0.3) is 0 Å². The third-order valence-corrected chi connectivity index (χ3v) is 9.99. The second-order valence-electron chi connectivity index (χ2n) is 14.2. The monoisotopic (exact) mass is 683 g/mol. The van der Waals surface area contributed by atoms with Crippen molar-refractivity contribution in [3.63, 3.8) is 0 Å². The Hall–Kier alpha value is -2.46. The Morgan fingerprint density at radius 3 is 2.26 bits per heavy atom. The zero-order valence-corrected chi connectivity index (χ0v) is 29.5. The number of hydrogen-bond acceptors (Lipinski definition) is 11. The highest BCUT2D eigenvalue weighted by Gasteiger charge is 2.37. The maximum absolute atomic E-state index is 13.8. The predicted molar refractivity (Wildman–Crippen MR) is 180 cm³/mol. The molecule has 1 saturated carbocycles. The molecule has 2 aliphatic heterocycles. The number of ketones is 1. The van der Waals surface area contributed by atoms with Gasteiger partial charge in [-0.15, -0.1) is 11.8 Å². The molecule has 4 amide bonds. The summed E-state index contributed by atoms with van der Waals surface area (Å²) in [7, 11) is 1.41. The van der Waals surface area contributed by atoms with Gasteiger partial charge >= 0.3 is 6.09 Å². The van der Waals surface area contributed by atoms with Gasteiger partial charge in [-0.25, -0.2) is 4.79 Å². The lowest BCUT2D eigenvalue weighted by molar-refractivity contribution is -0.142. The number of Topliss-reactive ketones (excluding diaryl/α,β-unsaturated/α-hetero) is 1. The van der Waals surface area contributed by atoms with E-state index in [1.807, 2.05) is 0 Å². The first kappa shape index (κ1) is 39.0. The van der Waals surface area contributed by atoms with Crippen LogP contribution >= 0.6 is 11.8 Å². The molecule has 1 aliphatic carbocycles. The molecular weight excluding hydrogens is 626 g/mol. The van der Waals surface area contributed by atoms with Crippen molar-refractivity contribution >= 4 is 41.4 Å². The van der Waals surface area contributed by atoms with Gasteiger partial charge in [-0.3, -0.25) is 19.2 Å². The molecule has 268 valence electrons. The van der Waals surface area contributed by atoms with E-state index in [1.165, 1.54) is 13.5 Å². The fourth-order valence-electron chi connectivity index (χ4n) is 6.26. The van der Waals surface area contributed by atoms with Gasteiger partial charge in [0.15, 0.2) is 0 Å². The minimum atomic E-state index is -1.22. The van der Waals surface area contributed by atoms with E-state index < -0.39 is 59.4 Å². The Labute approximate surface area is 283 Å². The molecule has 8 N–H and O–H groups in total. The van der Waals surface area contributed by atoms with Crippen LogP contribution in [0.1, 0.15) is 85.5 Å². The van der Waals surface area contributed by atoms with E-state index in [-0.39, 0.29) is 31.0 Å². The number of hydrogen-bond donors (Lipinski definition) is 7. The number of nitrogens with two attached hydrogens (primary N) is 1. The summed E-state index contributed by atoms with van der Waals surface area (Å²) in [6.07, 6.45) is 5.51. The van der Waals surface area contributed by atoms with E-state index in [0.717, 1.165) is 43.7 Å². The number of ether oxygens (including phenoxy) is 2. The molecule has 0 aromatic heterocycles. The summed E-state index contributed by atoms with van der Waals surface area (Å²) in [5, 5.41) is 17.4. The quantitative estimate of drug-likeness (QED) is 0.121. The zero-order valence-electron chi connectivity index (χ0n) is 28.7. The van der Waals surface area contributed by atoms with Crippen molar-refractivity contribution in [2.24, 2.45) is 17.6 Å². The summed E-state index contributed by atoms with van der Waals surface area (Å²) in [6.45, 7) is 7.86. The zero-order chi connectivity index (χ0) is 34.6. The Balaban J connectivity index is 1.74. The smallest absolute Gasteiger partial charge is 0.407 e. The van der Waals surface area contributed by atoms with Crippen molar-refractivity contribution in [2.45, 2.75) is 127 Å². The van der Waals surface area contributed by atoms with Gasteiger partial charge in [0.25, 0.3) is 5.91 Å². The molecule has 3 fully saturated rings. The van der Waals surface area contributed by atoms with Gasteiger partial charge in [0.2, 0.25) is 17.6 Å². The van der Waals surface area contributed by atoms with Gasteiger partial charge in [0.05, 0.1) is 24.9 Å². The lowest BCUT2D eigenvalue weighted by Crippen LogP contribution is -2.61. The van der Waals surface area contributed by atoms with Crippen LogP contribution < -0.4 is 37.6 Å². The van der Waals surface area contributed by atoms with Crippen LogP contribution in [0, 0.1) is 11.8 Å². The molecule has 2 heterocycles. The summed E-state index contributed by atoms with van der Waals surface area (Å²) in [4.78, 5) is 66.8. The normalized spacial score (nSPS) is 24.7. The fourth-order valence-corrected chi connectivity index (χ4v) is 7.27. The van der Waals surface area contributed by atoms with Crippen LogP contribution in [0.15, 0.2) is 0 Å². The van der Waals surface area contributed by atoms with Crippen molar-refractivity contribution in [1.82, 2.24) is 31.9 Å². The third-order valence-electron chi connectivity index (χ3n) is 8.98. The third kappa shape index (κ3) is 13.5. The fraction of sp³-hybridized carbons (Fsp3) is 0.844. The number of nitrogens with one attached hydrogen (secondary N) is 6. The van der Waals surface area contributed by atoms with Crippen molar-refractivity contribution in [3.8, 4) is 0 Å². The van der Waals surface area contributed by atoms with Crippen LogP contribution in [-0.4, -0.2) is 103 Å². The summed E-state index contributed by atoms with van der Waals surface area (Å²) in [5.74, 6) is -1.05. The molecule has 5 unspecified atom stereocenters. The van der Waals surface area contributed by atoms with E-state index >= 15 is 0 Å². The first-order valence-electron chi connectivity index (χ1n) is 17.0. The molecule has 3 rings (SSSR count). The Kier molecular flexibility index (Phi) is 15.7. The van der Waals surface area contributed by atoms with Crippen LogP contribution in [0.5, 0.6) is 0 Å². The van der Waals surface area contributed by atoms with Crippen LogP contribution in [0.4, 0.5) is 4.79 Å². The molecule has 0 aromatic carbocycles. The highest BCUT2D eigenvalue weighted by atomic mass is 32.2. The number of amides is 4. The predicted octanol–water partition coefficient (Wildman–Crippen LogP) is 0.877. The van der Waals surface area contributed by atoms with Crippen molar-refractivity contribution in [2.75, 3.05) is 31.9 Å². The molecule has 2 saturated heterocycles. The van der Waals surface area contributed by atoms with E-state index in [4.69, 9.17) is 15.2 Å². The highest BCUT2D eigenvalue weighted by Crippen LogP contribution is 2.24. The molecule has 47 heavy (non-hydrogen) atoms. The number of alkyl carbamates (subject to hydrolysis) is 1. The minimum Gasteiger partial charge on any atom is -0.449 e. The van der Waals surface area contributed by atoms with Gasteiger partial charge in [-0.2, -0.15) is 0 Å². The number of carbonyl (C=O) groups excluding carboxylic acids is 5. The molecular formula is C32H57N7O7S. The van der Waals surface area contributed by atoms with E-state index in [1.54, 1.807) is 39.5 Å². The van der Waals surface area contributed by atoms with Gasteiger partial charge < -0.3 is 47.1 Å². The van der Waals surface area contributed by atoms with Crippen molar-refractivity contribution in [1.29, 1.82) is 0 Å². The topological polar surface area (TPSA) is 202 Å². The van der Waals surface area contributed by atoms with Crippen LogP contribution in [0.2, 0.25) is 0 Å². The molecule has 0 spiro atoms. The van der Waals surface area contributed by atoms with Gasteiger partial charge in [0, 0.05) is 30.3 Å². The number of piperidine rings is 1. The van der Waals surface area contributed by atoms with Crippen LogP contribution in [0.3, 0.4) is 0 Å². The largest absolute Gasteiger partial charge is 0.449 e. The molecule has 3 aliphatic rings. The number of thioether (sulfide) groups is 1. The van der Waals surface area contributed by atoms with E-state index in [9.17, 15) is 24.0 Å². The lowest BCUT2D eigenvalue weighted by atomic mass is 9.87. The maximum Gasteiger partial charge on any atom is 0.407 e. The Morgan fingerprint density at radius 2 is 1.64 bits per heavy atom. The average molecular weight is 684 g/mol. The molecule has 0 bridgehead atoms. The SMILES string of the molecule is CO[C@H](C)[C@H](NC(=O)C(CC1CSCN1)NC(=O)OCC1CCCCC1)C(=O)NC(CC1CCNC(N)C1)C(=O)C(=O)NC(C)(C)C. The number of methoxy groups -OCH3 is 1. The first-order valence-corrected chi connectivity index (χ1v) is 18.1. The first-order chi connectivity index (χ1) is 22.3. The maximum atomic E-state index is 13.8. The van der Waals surface area contributed by atoms with E-state index in [2.05, 4.69) is 31.9 Å². The van der Waals surface area contributed by atoms with Crippen LogP contribution in [-0.2, 0) is 28.7 Å². The van der Waals surface area contributed by atoms with Gasteiger partial charge in [0.1, 0.15) is 12.1 Å². The molecule has 15 heteroatoms.